The molecule has 2 rings (SSSR count). The van der Waals surface area contributed by atoms with E-state index >= 15 is 0 Å². The van der Waals surface area contributed by atoms with Gasteiger partial charge in [-0.05, 0) is 35.7 Å². The lowest BCUT2D eigenvalue weighted by molar-refractivity contribution is 0.100. The third-order valence-corrected chi connectivity index (χ3v) is 2.37. The van der Waals surface area contributed by atoms with Crippen molar-refractivity contribution in [3.63, 3.8) is 0 Å². The summed E-state index contributed by atoms with van der Waals surface area (Å²) >= 11 is 0. The van der Waals surface area contributed by atoms with Crippen molar-refractivity contribution in [1.29, 1.82) is 0 Å². The summed E-state index contributed by atoms with van der Waals surface area (Å²) in [6, 6.07) is 11.2. The number of carbonyl (C=O) groups excluding carboxylic acids is 1. The van der Waals surface area contributed by atoms with Crippen molar-refractivity contribution in [2.24, 2.45) is 5.73 Å². The number of hydrogen-bond acceptors (Lipinski definition) is 2. The lowest BCUT2D eigenvalue weighted by atomic mass is 10.0. The summed E-state index contributed by atoms with van der Waals surface area (Å²) < 4.78 is 0. The van der Waals surface area contributed by atoms with Crippen molar-refractivity contribution in [3.8, 4) is 0 Å². The maximum absolute atomic E-state index is 10.9. The highest BCUT2D eigenvalue weighted by Gasteiger charge is 2.00. The smallest absolute Gasteiger partial charge is 0.248 e. The van der Waals surface area contributed by atoms with Gasteiger partial charge in [0, 0.05) is 18.0 Å². The van der Waals surface area contributed by atoms with Crippen LogP contribution in [0.1, 0.15) is 21.5 Å². The van der Waals surface area contributed by atoms with E-state index in [1.165, 1.54) is 0 Å². The van der Waals surface area contributed by atoms with Crippen molar-refractivity contribution >= 4 is 5.91 Å². The van der Waals surface area contributed by atoms with E-state index in [4.69, 9.17) is 5.73 Å². The number of nitrogens with two attached hydrogens (primary N) is 1. The first-order valence-electron chi connectivity index (χ1n) is 5.03. The van der Waals surface area contributed by atoms with Crippen molar-refractivity contribution < 1.29 is 4.79 Å². The van der Waals surface area contributed by atoms with Crippen molar-refractivity contribution in [3.05, 3.63) is 65.5 Å². The highest BCUT2D eigenvalue weighted by Crippen LogP contribution is 2.09. The molecule has 1 heterocycles. The molecule has 0 unspecified atom stereocenters. The Kier molecular flexibility index (Phi) is 2.96. The Morgan fingerprint density at radius 3 is 2.44 bits per heavy atom. The van der Waals surface area contributed by atoms with E-state index in [1.807, 2.05) is 30.5 Å². The summed E-state index contributed by atoms with van der Waals surface area (Å²) in [5.41, 5.74) is 7.99. The Balaban J connectivity index is 2.14. The minimum Gasteiger partial charge on any atom is -0.366 e. The highest BCUT2D eigenvalue weighted by atomic mass is 16.1. The summed E-state index contributed by atoms with van der Waals surface area (Å²) in [4.78, 5) is 14.9. The molecule has 2 aromatic rings. The topological polar surface area (TPSA) is 56.0 Å². The molecule has 0 spiro atoms. The Hall–Kier alpha value is -2.16. The summed E-state index contributed by atoms with van der Waals surface area (Å²) in [5.74, 6) is -0.395. The molecule has 0 atom stereocenters. The van der Waals surface area contributed by atoms with Crippen LogP contribution in [0.3, 0.4) is 0 Å². The molecule has 3 heteroatoms. The summed E-state index contributed by atoms with van der Waals surface area (Å²) in [6.45, 7) is 0. The van der Waals surface area contributed by atoms with Crippen LogP contribution in [0.25, 0.3) is 0 Å². The van der Waals surface area contributed by atoms with Crippen molar-refractivity contribution in [2.45, 2.75) is 6.42 Å². The lowest BCUT2D eigenvalue weighted by Crippen LogP contribution is -2.10. The van der Waals surface area contributed by atoms with Crippen LogP contribution in [-0.4, -0.2) is 10.9 Å². The van der Waals surface area contributed by atoms with Crippen LogP contribution in [0.5, 0.6) is 0 Å². The molecule has 2 N–H and O–H groups in total. The molecular formula is C13H12N2O. The number of amides is 1. The lowest BCUT2D eigenvalue weighted by Gasteiger charge is -2.02. The molecule has 80 valence electrons. The van der Waals surface area contributed by atoms with Crippen LogP contribution in [-0.2, 0) is 6.42 Å². The number of nitrogens with zero attached hydrogens (tertiary/aromatic N) is 1. The van der Waals surface area contributed by atoms with Gasteiger partial charge < -0.3 is 5.73 Å². The average molecular weight is 212 g/mol. The first kappa shape index (κ1) is 10.4. The van der Waals surface area contributed by atoms with Crippen LogP contribution in [0, 0.1) is 0 Å². The van der Waals surface area contributed by atoms with Crippen molar-refractivity contribution in [2.75, 3.05) is 0 Å². The van der Waals surface area contributed by atoms with Gasteiger partial charge in [0.05, 0.1) is 0 Å². The molecule has 1 aromatic heterocycles. The van der Waals surface area contributed by atoms with Crippen LogP contribution >= 0.6 is 0 Å². The fourth-order valence-corrected chi connectivity index (χ4v) is 1.53. The molecule has 1 amide bonds. The molecule has 0 aliphatic rings. The second kappa shape index (κ2) is 4.57. The monoisotopic (exact) mass is 212 g/mol. The third-order valence-electron chi connectivity index (χ3n) is 2.37. The number of carbonyl (C=O) groups is 1. The highest BCUT2D eigenvalue weighted by molar-refractivity contribution is 5.92. The van der Waals surface area contributed by atoms with Gasteiger partial charge in [-0.3, -0.25) is 9.78 Å². The minimum atomic E-state index is -0.395. The number of hydrogen-bond donors (Lipinski definition) is 1. The maximum Gasteiger partial charge on any atom is 0.248 e. The molecule has 0 saturated carbocycles. The van der Waals surface area contributed by atoms with Gasteiger partial charge in [0.15, 0.2) is 0 Å². The Morgan fingerprint density at radius 2 is 1.88 bits per heavy atom. The maximum atomic E-state index is 10.9. The Labute approximate surface area is 93.9 Å². The quantitative estimate of drug-likeness (QED) is 0.843. The standard InChI is InChI=1S/C13H12N2O/c14-13(16)12-5-3-10(4-6-12)8-11-2-1-7-15-9-11/h1-7,9H,8H2,(H2,14,16). The summed E-state index contributed by atoms with van der Waals surface area (Å²) in [5, 5.41) is 0. The largest absolute Gasteiger partial charge is 0.366 e. The predicted octanol–water partition coefficient (Wildman–Crippen LogP) is 1.77. The zero-order valence-corrected chi connectivity index (χ0v) is 8.76. The zero-order chi connectivity index (χ0) is 11.4. The normalized spacial score (nSPS) is 10.0. The van der Waals surface area contributed by atoms with Gasteiger partial charge in [-0.2, -0.15) is 0 Å². The molecule has 0 bridgehead atoms. The molecule has 0 saturated heterocycles. The summed E-state index contributed by atoms with van der Waals surface area (Å²) in [6.07, 6.45) is 4.40. The predicted molar refractivity (Wildman–Crippen MR) is 62.0 cm³/mol. The van der Waals surface area contributed by atoms with E-state index in [0.717, 1.165) is 17.5 Å². The molecule has 3 nitrogen and oxygen atoms in total. The number of primary amides is 1. The van der Waals surface area contributed by atoms with Crippen LogP contribution in [0.2, 0.25) is 0 Å². The Morgan fingerprint density at radius 1 is 1.12 bits per heavy atom. The minimum absolute atomic E-state index is 0.395. The average Bonchev–Trinajstić information content (AvgIpc) is 2.31. The van der Waals surface area contributed by atoms with E-state index in [9.17, 15) is 4.79 Å². The first-order chi connectivity index (χ1) is 7.75. The van der Waals surface area contributed by atoms with Gasteiger partial charge in [-0.15, -0.1) is 0 Å². The van der Waals surface area contributed by atoms with Gasteiger partial charge in [0.25, 0.3) is 0 Å². The van der Waals surface area contributed by atoms with Gasteiger partial charge in [0.1, 0.15) is 0 Å². The van der Waals surface area contributed by atoms with Gasteiger partial charge >= 0.3 is 0 Å². The Bertz CT molecular complexity index is 477. The van der Waals surface area contributed by atoms with E-state index < -0.39 is 5.91 Å². The number of benzene rings is 1. The van der Waals surface area contributed by atoms with E-state index in [0.29, 0.717) is 5.56 Å². The number of rotatable bonds is 3. The molecule has 0 aliphatic heterocycles. The zero-order valence-electron chi connectivity index (χ0n) is 8.76. The number of aromatic nitrogens is 1. The van der Waals surface area contributed by atoms with Crippen molar-refractivity contribution in [1.82, 2.24) is 4.98 Å². The van der Waals surface area contributed by atoms with Crippen LogP contribution in [0.15, 0.2) is 48.8 Å². The van der Waals surface area contributed by atoms with Gasteiger partial charge in [0.2, 0.25) is 5.91 Å². The SMILES string of the molecule is NC(=O)c1ccc(Cc2cccnc2)cc1. The van der Waals surface area contributed by atoms with Gasteiger partial charge in [-0.25, -0.2) is 0 Å². The third kappa shape index (κ3) is 2.45. The van der Waals surface area contributed by atoms with E-state index in [-0.39, 0.29) is 0 Å². The molecule has 0 aliphatic carbocycles. The molecule has 16 heavy (non-hydrogen) atoms. The first-order valence-corrected chi connectivity index (χ1v) is 5.03. The van der Waals surface area contributed by atoms with E-state index in [2.05, 4.69) is 4.98 Å². The molecule has 0 fully saturated rings. The number of pyridine rings is 1. The van der Waals surface area contributed by atoms with E-state index in [1.54, 1.807) is 18.3 Å². The second-order valence-electron chi connectivity index (χ2n) is 3.60. The van der Waals surface area contributed by atoms with Gasteiger partial charge in [-0.1, -0.05) is 18.2 Å². The molecular weight excluding hydrogens is 200 g/mol. The fraction of sp³-hybridized carbons (Fsp3) is 0.0769. The van der Waals surface area contributed by atoms with Crippen LogP contribution < -0.4 is 5.73 Å². The molecule has 1 aromatic carbocycles. The second-order valence-corrected chi connectivity index (χ2v) is 3.60. The fourth-order valence-electron chi connectivity index (χ4n) is 1.53. The molecule has 0 radical (unpaired) electrons. The van der Waals surface area contributed by atoms with Crippen LogP contribution in [0.4, 0.5) is 0 Å². The summed E-state index contributed by atoms with van der Waals surface area (Å²) in [7, 11) is 0.